The first kappa shape index (κ1) is 13.7. The smallest absolute Gasteiger partial charge is 0.166 e. The molecule has 1 atom stereocenters. The fraction of sp³-hybridized carbons (Fsp3) is 0.250. The highest BCUT2D eigenvalue weighted by molar-refractivity contribution is 5.56. The molecule has 0 spiro atoms. The lowest BCUT2D eigenvalue weighted by molar-refractivity contribution is 0.193. The Bertz CT molecular complexity index is 838. The highest BCUT2D eigenvalue weighted by Gasteiger charge is 2.24. The lowest BCUT2D eigenvalue weighted by atomic mass is 10.1. The number of nitrogens with one attached hydrogen (secondary N) is 1. The van der Waals surface area contributed by atoms with Gasteiger partial charge in [-0.2, -0.15) is 15.5 Å². The molecule has 0 bridgehead atoms. The van der Waals surface area contributed by atoms with Crippen LogP contribution in [0.2, 0.25) is 0 Å². The van der Waals surface area contributed by atoms with E-state index < -0.39 is 0 Å². The highest BCUT2D eigenvalue weighted by atomic mass is 16.5. The molecule has 7 heteroatoms. The van der Waals surface area contributed by atoms with Crippen LogP contribution in [0.4, 0.5) is 0 Å². The zero-order valence-electron chi connectivity index (χ0n) is 12.3. The highest BCUT2D eigenvalue weighted by Crippen LogP contribution is 2.27. The van der Waals surface area contributed by atoms with Crippen LogP contribution in [0, 0.1) is 11.3 Å². The van der Waals surface area contributed by atoms with Gasteiger partial charge in [-0.25, -0.2) is 9.67 Å². The first-order valence-corrected chi connectivity index (χ1v) is 7.39. The minimum atomic E-state index is 0.222. The van der Waals surface area contributed by atoms with Gasteiger partial charge in [0, 0.05) is 18.7 Å². The zero-order valence-corrected chi connectivity index (χ0v) is 12.3. The van der Waals surface area contributed by atoms with E-state index in [1.165, 1.54) is 0 Å². The topological polar surface area (TPSA) is 92.4 Å². The van der Waals surface area contributed by atoms with Crippen molar-refractivity contribution in [2.45, 2.75) is 12.3 Å². The van der Waals surface area contributed by atoms with Gasteiger partial charge in [0.25, 0.3) is 0 Å². The molecule has 3 heterocycles. The molecule has 1 aliphatic rings. The van der Waals surface area contributed by atoms with Crippen molar-refractivity contribution in [1.29, 1.82) is 5.26 Å². The minimum absolute atomic E-state index is 0.222. The molecular weight excluding hydrogens is 292 g/mol. The van der Waals surface area contributed by atoms with E-state index in [9.17, 15) is 0 Å². The third-order valence-corrected chi connectivity index (χ3v) is 3.92. The molecule has 4 rings (SSSR count). The predicted octanol–water partition coefficient (Wildman–Crippen LogP) is 2.03. The van der Waals surface area contributed by atoms with Gasteiger partial charge in [-0.1, -0.05) is 0 Å². The van der Waals surface area contributed by atoms with Crippen LogP contribution in [-0.2, 0) is 4.74 Å². The molecule has 3 aromatic rings. The number of H-pyrrole nitrogens is 1. The van der Waals surface area contributed by atoms with E-state index in [4.69, 9.17) is 15.0 Å². The van der Waals surface area contributed by atoms with Gasteiger partial charge in [0.1, 0.15) is 0 Å². The summed E-state index contributed by atoms with van der Waals surface area (Å²) in [5, 5.41) is 20.4. The number of hydrogen-bond donors (Lipinski definition) is 1. The van der Waals surface area contributed by atoms with Crippen LogP contribution in [0.5, 0.6) is 0 Å². The van der Waals surface area contributed by atoms with Crippen molar-refractivity contribution in [3.05, 3.63) is 48.0 Å². The summed E-state index contributed by atoms with van der Waals surface area (Å²) >= 11 is 0. The van der Waals surface area contributed by atoms with E-state index in [1.54, 1.807) is 29.2 Å². The summed E-state index contributed by atoms with van der Waals surface area (Å²) in [6, 6.07) is 9.40. The van der Waals surface area contributed by atoms with Crippen molar-refractivity contribution >= 4 is 0 Å². The Balaban J connectivity index is 1.81. The van der Waals surface area contributed by atoms with E-state index in [0.717, 1.165) is 35.9 Å². The van der Waals surface area contributed by atoms with Gasteiger partial charge in [-0.15, -0.1) is 0 Å². The summed E-state index contributed by atoms with van der Waals surface area (Å²) in [7, 11) is 0. The number of benzene rings is 1. The van der Waals surface area contributed by atoms with Crippen LogP contribution in [0.1, 0.15) is 23.7 Å². The molecule has 7 nitrogen and oxygen atoms in total. The summed E-state index contributed by atoms with van der Waals surface area (Å²) in [6.07, 6.45) is 4.44. The molecular formula is C16H14N6O. The van der Waals surface area contributed by atoms with Gasteiger partial charge in [-0.05, 0) is 30.7 Å². The van der Waals surface area contributed by atoms with Gasteiger partial charge in [0.2, 0.25) is 0 Å². The molecule has 1 N–H and O–H groups in total. The molecule has 2 aromatic heterocycles. The largest absolute Gasteiger partial charge is 0.381 e. The Hall–Kier alpha value is -2.98. The predicted molar refractivity (Wildman–Crippen MR) is 81.8 cm³/mol. The molecule has 114 valence electrons. The molecule has 0 radical (unpaired) electrons. The second-order valence-electron chi connectivity index (χ2n) is 5.41. The van der Waals surface area contributed by atoms with E-state index in [1.807, 2.05) is 12.1 Å². The second kappa shape index (κ2) is 5.66. The third-order valence-electron chi connectivity index (χ3n) is 3.92. The fourth-order valence-electron chi connectivity index (χ4n) is 2.66. The zero-order chi connectivity index (χ0) is 15.6. The van der Waals surface area contributed by atoms with Crippen LogP contribution < -0.4 is 0 Å². The molecule has 1 aliphatic heterocycles. The first-order valence-electron chi connectivity index (χ1n) is 7.39. The molecule has 0 amide bonds. The Morgan fingerprint density at radius 1 is 1.30 bits per heavy atom. The molecule has 23 heavy (non-hydrogen) atoms. The van der Waals surface area contributed by atoms with Gasteiger partial charge < -0.3 is 4.74 Å². The maximum absolute atomic E-state index is 8.94. The molecule has 1 aromatic carbocycles. The number of ether oxygens (including phenoxy) is 1. The van der Waals surface area contributed by atoms with Crippen molar-refractivity contribution in [2.24, 2.45) is 0 Å². The van der Waals surface area contributed by atoms with Crippen LogP contribution in [0.3, 0.4) is 0 Å². The van der Waals surface area contributed by atoms with Crippen molar-refractivity contribution in [1.82, 2.24) is 25.0 Å². The van der Waals surface area contributed by atoms with Crippen LogP contribution in [-0.4, -0.2) is 38.2 Å². The van der Waals surface area contributed by atoms with Gasteiger partial charge in [-0.3, -0.25) is 5.10 Å². The normalized spacial score (nSPS) is 17.3. The van der Waals surface area contributed by atoms with Gasteiger partial charge in [0.15, 0.2) is 11.6 Å². The number of hydrogen-bond acceptors (Lipinski definition) is 5. The molecule has 0 saturated carbocycles. The number of nitrogens with zero attached hydrogens (tertiary/aromatic N) is 5. The lowest BCUT2D eigenvalue weighted by Gasteiger charge is -2.04. The van der Waals surface area contributed by atoms with Crippen LogP contribution in [0.15, 0.2) is 36.7 Å². The Morgan fingerprint density at radius 3 is 2.83 bits per heavy atom. The Morgan fingerprint density at radius 2 is 2.17 bits per heavy atom. The maximum atomic E-state index is 8.94. The first-order chi connectivity index (χ1) is 11.3. The van der Waals surface area contributed by atoms with Crippen molar-refractivity contribution in [3.63, 3.8) is 0 Å². The second-order valence-corrected chi connectivity index (χ2v) is 5.41. The fourth-order valence-corrected chi connectivity index (χ4v) is 2.66. The summed E-state index contributed by atoms with van der Waals surface area (Å²) in [6.45, 7) is 1.40. The standard InChI is InChI=1S/C16H14N6O/c17-7-11-1-3-14(4-2-11)22-16(13-8-18-19-9-13)20-15(21-22)12-5-6-23-10-12/h1-4,8-9,12H,5-6,10H2,(H,18,19). The number of aromatic nitrogens is 5. The van der Waals surface area contributed by atoms with Gasteiger partial charge >= 0.3 is 0 Å². The van der Waals surface area contributed by atoms with Gasteiger partial charge in [0.05, 0.1) is 35.7 Å². The lowest BCUT2D eigenvalue weighted by Crippen LogP contribution is -2.02. The summed E-state index contributed by atoms with van der Waals surface area (Å²) in [5.41, 5.74) is 2.34. The average Bonchev–Trinajstić information content (AvgIpc) is 3.34. The summed E-state index contributed by atoms with van der Waals surface area (Å²) in [5.74, 6) is 1.73. The summed E-state index contributed by atoms with van der Waals surface area (Å²) < 4.78 is 7.23. The van der Waals surface area contributed by atoms with Crippen LogP contribution >= 0.6 is 0 Å². The van der Waals surface area contributed by atoms with E-state index >= 15 is 0 Å². The molecule has 1 unspecified atom stereocenters. The molecule has 0 aliphatic carbocycles. The molecule has 1 saturated heterocycles. The third kappa shape index (κ3) is 2.49. The number of nitriles is 1. The van der Waals surface area contributed by atoms with E-state index in [2.05, 4.69) is 21.4 Å². The molecule has 1 fully saturated rings. The minimum Gasteiger partial charge on any atom is -0.381 e. The van der Waals surface area contributed by atoms with E-state index in [0.29, 0.717) is 12.2 Å². The quantitative estimate of drug-likeness (QED) is 0.799. The Kier molecular flexibility index (Phi) is 3.37. The van der Waals surface area contributed by atoms with Crippen molar-refractivity contribution < 1.29 is 4.74 Å². The van der Waals surface area contributed by atoms with Crippen molar-refractivity contribution in [3.8, 4) is 23.1 Å². The van der Waals surface area contributed by atoms with E-state index in [-0.39, 0.29) is 5.92 Å². The maximum Gasteiger partial charge on any atom is 0.166 e. The Labute approximate surface area is 132 Å². The average molecular weight is 306 g/mol. The number of aromatic amines is 1. The summed E-state index contributed by atoms with van der Waals surface area (Å²) in [4.78, 5) is 4.70. The van der Waals surface area contributed by atoms with Crippen LogP contribution in [0.25, 0.3) is 17.1 Å². The van der Waals surface area contributed by atoms with Crippen molar-refractivity contribution in [2.75, 3.05) is 13.2 Å². The SMILES string of the molecule is N#Cc1ccc(-n2nc(C3CCOC3)nc2-c2cn[nH]c2)cc1. The number of rotatable bonds is 3. The monoisotopic (exact) mass is 306 g/mol.